The molecule has 2 heterocycles. The molecule has 58 heavy (non-hydrogen) atoms. The maximum absolute atomic E-state index is 10.8. The van der Waals surface area contributed by atoms with E-state index in [0.717, 1.165) is 33.4 Å². The van der Waals surface area contributed by atoms with Crippen LogP contribution < -0.4 is 0 Å². The highest BCUT2D eigenvalue weighted by Gasteiger charge is 2.26. The monoisotopic (exact) mass is 748 g/mol. The Morgan fingerprint density at radius 2 is 0.569 bits per heavy atom. The minimum Gasteiger partial charge on any atom is -0.245 e. The van der Waals surface area contributed by atoms with E-state index in [2.05, 4.69) is 90.1 Å². The maximum atomic E-state index is 10.8. The highest BCUT2D eigenvalue weighted by atomic mass is 14.7. The molecule has 7 rings (SSSR count). The van der Waals surface area contributed by atoms with Gasteiger partial charge < -0.3 is 0 Å². The fourth-order valence-electron chi connectivity index (χ4n) is 7.27. The Balaban J connectivity index is 1.47. The largest absolute Gasteiger partial charge is 0.245 e. The first-order chi connectivity index (χ1) is 27.9. The Labute approximate surface area is 340 Å². The number of rotatable bonds is 6. The molecule has 0 radical (unpaired) electrons. The molecule has 0 amide bonds. The van der Waals surface area contributed by atoms with Crippen molar-refractivity contribution in [1.29, 1.82) is 21.0 Å². The Morgan fingerprint density at radius 1 is 0.328 bits per heavy atom. The van der Waals surface area contributed by atoms with Crippen LogP contribution in [0.25, 0.3) is 67.3 Å². The summed E-state index contributed by atoms with van der Waals surface area (Å²) in [5.74, 6) is 0. The van der Waals surface area contributed by atoms with Crippen molar-refractivity contribution in [1.82, 2.24) is 9.97 Å². The van der Waals surface area contributed by atoms with Crippen LogP contribution >= 0.6 is 0 Å². The van der Waals surface area contributed by atoms with Crippen molar-refractivity contribution in [2.75, 3.05) is 0 Å². The molecule has 0 bridgehead atoms. The highest BCUT2D eigenvalue weighted by molar-refractivity contribution is 5.92. The highest BCUT2D eigenvalue weighted by Crippen LogP contribution is 2.42. The molecule has 2 aromatic heterocycles. The van der Waals surface area contributed by atoms with Crippen molar-refractivity contribution >= 4 is 0 Å². The van der Waals surface area contributed by atoms with Gasteiger partial charge in [0, 0.05) is 33.4 Å². The summed E-state index contributed by atoms with van der Waals surface area (Å²) in [5, 5.41) is 43.2. The predicted molar refractivity (Wildman–Crippen MR) is 231 cm³/mol. The van der Waals surface area contributed by atoms with E-state index in [1.807, 2.05) is 109 Å². The first kappa shape index (κ1) is 38.6. The summed E-state index contributed by atoms with van der Waals surface area (Å²) in [6, 6.07) is 52.1. The predicted octanol–water partition coefficient (Wildman–Crippen LogP) is 12.6. The minimum atomic E-state index is -0.0675. The summed E-state index contributed by atoms with van der Waals surface area (Å²) in [6.07, 6.45) is 0. The third-order valence-electron chi connectivity index (χ3n) is 10.4. The van der Waals surface area contributed by atoms with E-state index in [-0.39, 0.29) is 33.1 Å². The van der Waals surface area contributed by atoms with Gasteiger partial charge in [0.15, 0.2) is 0 Å². The third-order valence-corrected chi connectivity index (χ3v) is 10.4. The average Bonchev–Trinajstić information content (AvgIpc) is 3.25. The number of benzene rings is 5. The van der Waals surface area contributed by atoms with Crippen LogP contribution in [0.4, 0.5) is 0 Å². The molecule has 0 fully saturated rings. The minimum absolute atomic E-state index is 0.0675. The lowest BCUT2D eigenvalue weighted by Crippen LogP contribution is -2.10. The van der Waals surface area contributed by atoms with Crippen molar-refractivity contribution < 1.29 is 0 Å². The Kier molecular flexibility index (Phi) is 10.3. The summed E-state index contributed by atoms with van der Waals surface area (Å²) < 4.78 is 0. The van der Waals surface area contributed by atoms with Crippen molar-refractivity contribution in [2.24, 2.45) is 0 Å². The summed E-state index contributed by atoms with van der Waals surface area (Å²) >= 11 is 0. The van der Waals surface area contributed by atoms with E-state index in [9.17, 15) is 21.0 Å². The molecule has 0 saturated heterocycles. The molecule has 0 spiro atoms. The molecule has 0 unspecified atom stereocenters. The number of nitriles is 4. The molecular formula is C52H40N6. The van der Waals surface area contributed by atoms with Gasteiger partial charge in [-0.25, -0.2) is 9.97 Å². The molecule has 0 saturated carbocycles. The molecule has 0 aliphatic carbocycles. The smallest absolute Gasteiger partial charge is 0.102 e. The second kappa shape index (κ2) is 15.5. The zero-order chi connectivity index (χ0) is 41.2. The van der Waals surface area contributed by atoms with Gasteiger partial charge in [-0.2, -0.15) is 21.0 Å². The van der Waals surface area contributed by atoms with E-state index >= 15 is 0 Å². The van der Waals surface area contributed by atoms with Gasteiger partial charge in [-0.3, -0.25) is 0 Å². The van der Waals surface area contributed by atoms with E-state index in [1.54, 1.807) is 0 Å². The van der Waals surface area contributed by atoms with Gasteiger partial charge in [-0.05, 0) is 33.1 Å². The van der Waals surface area contributed by atoms with Crippen molar-refractivity contribution in [2.45, 2.75) is 52.4 Å². The average molecular weight is 749 g/mol. The molecule has 0 atom stereocenters. The summed E-state index contributed by atoms with van der Waals surface area (Å²) in [5.41, 5.74) is 10.3. The molecule has 5 aromatic carbocycles. The Morgan fingerprint density at radius 3 is 0.810 bits per heavy atom. The fourth-order valence-corrected chi connectivity index (χ4v) is 7.27. The Bertz CT molecular complexity index is 2630. The van der Waals surface area contributed by atoms with Gasteiger partial charge in [-0.15, -0.1) is 0 Å². The summed E-state index contributed by atoms with van der Waals surface area (Å²) in [6.45, 7) is 12.9. The molecular weight excluding hydrogens is 709 g/mol. The number of nitrogens with zero attached hydrogens (tertiary/aromatic N) is 6. The van der Waals surface area contributed by atoms with Gasteiger partial charge in [0.05, 0.1) is 45.0 Å². The summed E-state index contributed by atoms with van der Waals surface area (Å²) in [7, 11) is 0. The zero-order valence-electron chi connectivity index (χ0n) is 33.4. The van der Waals surface area contributed by atoms with Crippen LogP contribution in [0.2, 0.25) is 0 Å². The fraction of sp³-hybridized carbons (Fsp3) is 0.154. The van der Waals surface area contributed by atoms with Crippen LogP contribution in [-0.2, 0) is 10.8 Å². The number of aromatic nitrogens is 2. The lowest BCUT2D eigenvalue weighted by Gasteiger charge is -2.20. The first-order valence-corrected chi connectivity index (χ1v) is 19.1. The topological polar surface area (TPSA) is 121 Å². The molecule has 0 aliphatic heterocycles. The number of hydrogen-bond donors (Lipinski definition) is 0. The molecule has 6 nitrogen and oxygen atoms in total. The normalized spacial score (nSPS) is 11.2. The van der Waals surface area contributed by atoms with Gasteiger partial charge in [0.1, 0.15) is 24.3 Å². The molecule has 278 valence electrons. The van der Waals surface area contributed by atoms with Crippen LogP contribution in [0.5, 0.6) is 0 Å². The lowest BCUT2D eigenvalue weighted by atomic mass is 9.85. The second-order valence-electron chi connectivity index (χ2n) is 16.3. The molecule has 6 heteroatoms. The van der Waals surface area contributed by atoms with Crippen molar-refractivity contribution in [3.05, 3.63) is 167 Å². The standard InChI is InChI=1S/C52H40N6/c1-51(2,3)39-25-21-37(22-26-39)49-43(31-55)45(41(29-53)47(57-49)35-13-9-7-10-14-35)33-17-19-34(20-18-33)46-42(30-54)48(36-15-11-8-12-16-36)58-50(44(46)32-56)38-23-27-40(28-24-38)52(4,5)6/h7-28H,1-6H3. The quantitative estimate of drug-likeness (QED) is 0.167. The van der Waals surface area contributed by atoms with Gasteiger partial charge in [-0.1, -0.05) is 175 Å². The van der Waals surface area contributed by atoms with E-state index in [0.29, 0.717) is 45.0 Å². The van der Waals surface area contributed by atoms with Gasteiger partial charge in [0.2, 0.25) is 0 Å². The first-order valence-electron chi connectivity index (χ1n) is 19.1. The van der Waals surface area contributed by atoms with Gasteiger partial charge >= 0.3 is 0 Å². The third kappa shape index (κ3) is 7.24. The van der Waals surface area contributed by atoms with Crippen LogP contribution in [0, 0.1) is 45.3 Å². The van der Waals surface area contributed by atoms with Crippen molar-refractivity contribution in [3.8, 4) is 91.6 Å². The SMILES string of the molecule is CC(C)(C)c1ccc(-c2nc(-c3ccccc3)c(C#N)c(-c3ccc(-c4c(C#N)c(-c5ccccc5)nc(-c5ccc(C(C)(C)C)cc5)c4C#N)cc3)c2C#N)cc1. The van der Waals surface area contributed by atoms with Crippen LogP contribution in [0.3, 0.4) is 0 Å². The van der Waals surface area contributed by atoms with Crippen LogP contribution in [-0.4, -0.2) is 9.97 Å². The summed E-state index contributed by atoms with van der Waals surface area (Å²) in [4.78, 5) is 10.0. The molecule has 7 aromatic rings. The number of hydrogen-bond acceptors (Lipinski definition) is 6. The van der Waals surface area contributed by atoms with E-state index in [4.69, 9.17) is 9.97 Å². The van der Waals surface area contributed by atoms with E-state index < -0.39 is 0 Å². The van der Waals surface area contributed by atoms with Crippen LogP contribution in [0.1, 0.15) is 74.9 Å². The van der Waals surface area contributed by atoms with Crippen LogP contribution in [0.15, 0.2) is 133 Å². The zero-order valence-corrected chi connectivity index (χ0v) is 33.4. The number of pyridine rings is 2. The molecule has 0 N–H and O–H groups in total. The lowest BCUT2D eigenvalue weighted by molar-refractivity contribution is 0.590. The Hall–Kier alpha value is -7.64. The molecule has 0 aliphatic rings. The maximum Gasteiger partial charge on any atom is 0.102 e. The van der Waals surface area contributed by atoms with Gasteiger partial charge in [0.25, 0.3) is 0 Å². The second-order valence-corrected chi connectivity index (χ2v) is 16.3. The van der Waals surface area contributed by atoms with E-state index in [1.165, 1.54) is 0 Å². The van der Waals surface area contributed by atoms with Crippen molar-refractivity contribution in [3.63, 3.8) is 0 Å².